The minimum atomic E-state index is -0.399. The fourth-order valence-corrected chi connectivity index (χ4v) is 1.74. The van der Waals surface area contributed by atoms with Crippen molar-refractivity contribution in [1.29, 1.82) is 0 Å². The lowest BCUT2D eigenvalue weighted by atomic mass is 10.3. The van der Waals surface area contributed by atoms with Crippen LogP contribution in [0.1, 0.15) is 12.7 Å². The van der Waals surface area contributed by atoms with E-state index in [-0.39, 0.29) is 5.75 Å². The molecule has 1 aromatic heterocycles. The normalized spacial score (nSPS) is 10.4. The average Bonchev–Trinajstić information content (AvgIpc) is 2.71. The highest BCUT2D eigenvalue weighted by molar-refractivity contribution is 7.07. The third-order valence-electron chi connectivity index (χ3n) is 1.94. The zero-order valence-electron chi connectivity index (χ0n) is 8.61. The first-order valence-corrected chi connectivity index (χ1v) is 5.52. The molecule has 0 atom stereocenters. The number of aryl methyl sites for hydroxylation is 1. The third kappa shape index (κ3) is 2.27. The number of nitrogens with two attached hydrogens (primary N) is 1. The van der Waals surface area contributed by atoms with Crippen molar-refractivity contribution in [3.05, 3.63) is 29.8 Å². The van der Waals surface area contributed by atoms with Gasteiger partial charge in [-0.05, 0) is 12.1 Å². The van der Waals surface area contributed by atoms with E-state index in [1.807, 2.05) is 6.92 Å². The Morgan fingerprint density at radius 1 is 1.50 bits per heavy atom. The summed E-state index contributed by atoms with van der Waals surface area (Å²) in [5.41, 5.74) is 6.01. The van der Waals surface area contributed by atoms with Crippen LogP contribution in [0, 0.1) is 5.82 Å². The summed E-state index contributed by atoms with van der Waals surface area (Å²) >= 11 is 1.12. The third-order valence-corrected chi connectivity index (χ3v) is 2.57. The molecule has 0 aliphatic heterocycles. The molecule has 2 rings (SSSR count). The zero-order valence-corrected chi connectivity index (χ0v) is 9.42. The van der Waals surface area contributed by atoms with E-state index in [1.54, 1.807) is 0 Å². The van der Waals surface area contributed by atoms with Crippen molar-refractivity contribution < 1.29 is 9.13 Å². The Morgan fingerprint density at radius 2 is 2.31 bits per heavy atom. The molecule has 0 saturated carbocycles. The number of hydrogen-bond donors (Lipinski definition) is 1. The van der Waals surface area contributed by atoms with Crippen LogP contribution >= 0.6 is 11.5 Å². The first-order chi connectivity index (χ1) is 7.69. The van der Waals surface area contributed by atoms with Crippen molar-refractivity contribution >= 4 is 17.2 Å². The predicted octanol–water partition coefficient (Wildman–Crippen LogP) is 2.61. The van der Waals surface area contributed by atoms with Crippen LogP contribution in [0.15, 0.2) is 18.2 Å². The highest BCUT2D eigenvalue weighted by Gasteiger charge is 2.08. The van der Waals surface area contributed by atoms with Gasteiger partial charge in [-0.2, -0.15) is 9.36 Å². The Morgan fingerprint density at radius 3 is 3.00 bits per heavy atom. The van der Waals surface area contributed by atoms with E-state index in [9.17, 15) is 4.39 Å². The second-order valence-electron chi connectivity index (χ2n) is 3.11. The number of aromatic nitrogens is 2. The minimum Gasteiger partial charge on any atom is -0.428 e. The molecule has 0 unspecified atom stereocenters. The molecule has 6 heteroatoms. The molecule has 16 heavy (non-hydrogen) atoms. The Bertz CT molecular complexity index is 501. The summed E-state index contributed by atoms with van der Waals surface area (Å²) in [6.07, 6.45) is 0.735. The van der Waals surface area contributed by atoms with Crippen LogP contribution in [0.3, 0.4) is 0 Å². The molecule has 0 amide bonds. The topological polar surface area (TPSA) is 61.0 Å². The standard InChI is InChI=1S/C10H10FN3OS/c1-2-9-13-10(16-14-9)15-8-5-6(11)3-4-7(8)12/h3-5H,2,12H2,1H3. The van der Waals surface area contributed by atoms with Crippen molar-refractivity contribution in [3.63, 3.8) is 0 Å². The summed E-state index contributed by atoms with van der Waals surface area (Å²) < 4.78 is 22.4. The molecule has 0 spiro atoms. The van der Waals surface area contributed by atoms with Gasteiger partial charge in [0.05, 0.1) is 5.69 Å². The van der Waals surface area contributed by atoms with Gasteiger partial charge in [-0.25, -0.2) is 4.39 Å². The minimum absolute atomic E-state index is 0.263. The fourth-order valence-electron chi connectivity index (χ4n) is 1.11. The molecule has 0 radical (unpaired) electrons. The van der Waals surface area contributed by atoms with Gasteiger partial charge in [0.15, 0.2) is 5.75 Å². The lowest BCUT2D eigenvalue weighted by Crippen LogP contribution is -1.92. The van der Waals surface area contributed by atoms with Gasteiger partial charge in [0.2, 0.25) is 0 Å². The molecule has 2 N–H and O–H groups in total. The van der Waals surface area contributed by atoms with Crippen LogP contribution in [-0.4, -0.2) is 9.36 Å². The number of nitrogens with zero attached hydrogens (tertiary/aromatic N) is 2. The highest BCUT2D eigenvalue weighted by Crippen LogP contribution is 2.28. The molecule has 2 aromatic rings. The van der Waals surface area contributed by atoms with Gasteiger partial charge in [-0.1, -0.05) is 6.92 Å². The molecule has 0 saturated heterocycles. The van der Waals surface area contributed by atoms with Gasteiger partial charge >= 0.3 is 0 Å². The zero-order chi connectivity index (χ0) is 11.5. The molecule has 0 fully saturated rings. The Kier molecular flexibility index (Phi) is 3.00. The maximum absolute atomic E-state index is 13.0. The number of halogens is 1. The van der Waals surface area contributed by atoms with E-state index in [0.29, 0.717) is 16.7 Å². The fraction of sp³-hybridized carbons (Fsp3) is 0.200. The number of rotatable bonds is 3. The maximum Gasteiger partial charge on any atom is 0.298 e. The first-order valence-electron chi connectivity index (χ1n) is 4.74. The van der Waals surface area contributed by atoms with Crippen molar-refractivity contribution in [2.45, 2.75) is 13.3 Å². The van der Waals surface area contributed by atoms with Gasteiger partial charge in [-0.3, -0.25) is 0 Å². The summed E-state index contributed by atoms with van der Waals surface area (Å²) in [6.45, 7) is 1.95. The van der Waals surface area contributed by atoms with Crippen molar-refractivity contribution in [1.82, 2.24) is 9.36 Å². The second kappa shape index (κ2) is 4.44. The molecule has 84 valence electrons. The molecule has 1 heterocycles. The number of nitrogen functional groups attached to an aromatic ring is 1. The van der Waals surface area contributed by atoms with Crippen LogP contribution in [0.4, 0.5) is 10.1 Å². The van der Waals surface area contributed by atoms with Crippen molar-refractivity contribution in [3.8, 4) is 10.9 Å². The summed E-state index contributed by atoms with van der Waals surface area (Å²) in [6, 6.07) is 3.95. The molecule has 4 nitrogen and oxygen atoms in total. The van der Waals surface area contributed by atoms with E-state index in [2.05, 4.69) is 9.36 Å². The summed E-state index contributed by atoms with van der Waals surface area (Å²) in [4.78, 5) is 4.10. The van der Waals surface area contributed by atoms with Gasteiger partial charge in [-0.15, -0.1) is 0 Å². The van der Waals surface area contributed by atoms with Crippen molar-refractivity contribution in [2.24, 2.45) is 0 Å². The van der Waals surface area contributed by atoms with Crippen LogP contribution in [0.25, 0.3) is 0 Å². The Balaban J connectivity index is 2.22. The van der Waals surface area contributed by atoms with Crippen LogP contribution in [0.5, 0.6) is 10.9 Å². The molecule has 0 aliphatic carbocycles. The molecule has 0 aliphatic rings. The van der Waals surface area contributed by atoms with Crippen LogP contribution < -0.4 is 10.5 Å². The van der Waals surface area contributed by atoms with Gasteiger partial charge in [0.25, 0.3) is 5.19 Å². The van der Waals surface area contributed by atoms with Gasteiger partial charge in [0, 0.05) is 24.0 Å². The highest BCUT2D eigenvalue weighted by atomic mass is 32.1. The molecular weight excluding hydrogens is 229 g/mol. The maximum atomic E-state index is 13.0. The smallest absolute Gasteiger partial charge is 0.298 e. The van der Waals surface area contributed by atoms with Gasteiger partial charge in [0.1, 0.15) is 11.6 Å². The van der Waals surface area contributed by atoms with Crippen LogP contribution in [0.2, 0.25) is 0 Å². The Labute approximate surface area is 96.1 Å². The lowest BCUT2D eigenvalue weighted by Gasteiger charge is -2.04. The number of anilines is 1. The molecule has 1 aromatic carbocycles. The summed E-state index contributed by atoms with van der Waals surface area (Å²) in [5.74, 6) is 0.568. The van der Waals surface area contributed by atoms with E-state index in [0.717, 1.165) is 18.0 Å². The number of benzene rings is 1. The van der Waals surface area contributed by atoms with Crippen LogP contribution in [-0.2, 0) is 6.42 Å². The molecule has 0 bridgehead atoms. The van der Waals surface area contributed by atoms with Crippen molar-refractivity contribution in [2.75, 3.05) is 5.73 Å². The average molecular weight is 239 g/mol. The largest absolute Gasteiger partial charge is 0.428 e. The van der Waals surface area contributed by atoms with E-state index < -0.39 is 5.82 Å². The summed E-state index contributed by atoms with van der Waals surface area (Å²) in [5, 5.41) is 0.370. The quantitative estimate of drug-likeness (QED) is 0.836. The predicted molar refractivity (Wildman–Crippen MR) is 60.2 cm³/mol. The number of hydrogen-bond acceptors (Lipinski definition) is 5. The van der Waals surface area contributed by atoms with Gasteiger partial charge < -0.3 is 10.5 Å². The van der Waals surface area contributed by atoms with E-state index in [1.165, 1.54) is 18.2 Å². The second-order valence-corrected chi connectivity index (χ2v) is 3.83. The first kappa shape index (κ1) is 10.8. The SMILES string of the molecule is CCc1nsc(Oc2cc(F)ccc2N)n1. The summed E-state index contributed by atoms with van der Waals surface area (Å²) in [7, 11) is 0. The number of ether oxygens (including phenoxy) is 1. The Hall–Kier alpha value is -1.69. The molecular formula is C10H10FN3OS. The van der Waals surface area contributed by atoms with E-state index in [4.69, 9.17) is 10.5 Å². The lowest BCUT2D eigenvalue weighted by molar-refractivity contribution is 0.474. The monoisotopic (exact) mass is 239 g/mol. The van der Waals surface area contributed by atoms with E-state index >= 15 is 0 Å².